The number of nitrogens with zero attached hydrogens (tertiary/aromatic N) is 2. The normalized spacial score (nSPS) is 10.8. The van der Waals surface area contributed by atoms with Crippen LogP contribution >= 0.6 is 0 Å². The van der Waals surface area contributed by atoms with E-state index in [0.717, 1.165) is 12.3 Å². The van der Waals surface area contributed by atoms with Crippen molar-refractivity contribution in [2.24, 2.45) is 0 Å². The van der Waals surface area contributed by atoms with Crippen LogP contribution in [0.25, 0.3) is 5.65 Å². The first-order valence-corrected chi connectivity index (χ1v) is 5.09. The molecule has 0 spiro atoms. The molecular formula is C11H11FN2O3. The summed E-state index contributed by atoms with van der Waals surface area (Å²) in [7, 11) is 0. The quantitative estimate of drug-likeness (QED) is 0.808. The molecule has 0 bridgehead atoms. The average molecular weight is 238 g/mol. The number of aryl methyl sites for hydroxylation is 1. The number of halogens is 1. The van der Waals surface area contributed by atoms with E-state index in [0.29, 0.717) is 5.69 Å². The lowest BCUT2D eigenvalue weighted by Gasteiger charge is -2.03. The summed E-state index contributed by atoms with van der Waals surface area (Å²) in [4.78, 5) is 15.7. The van der Waals surface area contributed by atoms with Gasteiger partial charge in [0, 0.05) is 12.3 Å². The minimum atomic E-state index is -0.655. The molecule has 0 amide bonds. The summed E-state index contributed by atoms with van der Waals surface area (Å²) in [5.41, 5.74) is 0.632. The van der Waals surface area contributed by atoms with E-state index < -0.39 is 11.8 Å². The van der Waals surface area contributed by atoms with Crippen molar-refractivity contribution in [2.75, 3.05) is 6.61 Å². The van der Waals surface area contributed by atoms with Crippen LogP contribution in [0.15, 0.2) is 12.3 Å². The van der Waals surface area contributed by atoms with E-state index >= 15 is 0 Å². The predicted octanol–water partition coefficient (Wildman–Crippen LogP) is 1.66. The predicted molar refractivity (Wildman–Crippen MR) is 57.5 cm³/mol. The summed E-state index contributed by atoms with van der Waals surface area (Å²) >= 11 is 0. The van der Waals surface area contributed by atoms with Crippen LogP contribution in [0.1, 0.15) is 23.1 Å². The lowest BCUT2D eigenvalue weighted by Crippen LogP contribution is -2.09. The molecule has 0 saturated carbocycles. The topological polar surface area (TPSA) is 63.8 Å². The minimum absolute atomic E-state index is 0.122. The highest BCUT2D eigenvalue weighted by Gasteiger charge is 2.20. The molecule has 0 aliphatic heterocycles. The molecule has 6 heteroatoms. The van der Waals surface area contributed by atoms with Crippen LogP contribution in [0, 0.1) is 12.7 Å². The molecule has 0 aliphatic rings. The van der Waals surface area contributed by atoms with E-state index in [1.807, 2.05) is 0 Å². The number of carbonyl (C=O) groups excluding carboxylic acids is 1. The van der Waals surface area contributed by atoms with E-state index in [9.17, 15) is 14.3 Å². The summed E-state index contributed by atoms with van der Waals surface area (Å²) in [6, 6.07) is 0.941. The number of rotatable bonds is 2. The second kappa shape index (κ2) is 4.04. The second-order valence-corrected chi connectivity index (χ2v) is 3.50. The Morgan fingerprint density at radius 1 is 1.65 bits per heavy atom. The molecule has 5 nitrogen and oxygen atoms in total. The summed E-state index contributed by atoms with van der Waals surface area (Å²) in [6.07, 6.45) is 1.08. The van der Waals surface area contributed by atoms with Gasteiger partial charge in [-0.15, -0.1) is 0 Å². The molecule has 2 rings (SSSR count). The molecular weight excluding hydrogens is 227 g/mol. The van der Waals surface area contributed by atoms with Crippen LogP contribution in [0.4, 0.5) is 4.39 Å². The second-order valence-electron chi connectivity index (χ2n) is 3.50. The standard InChI is InChI=1S/C11H11FN2O3/c1-3-17-11(16)9-6(2)13-10-8(15)4-7(12)5-14(9)10/h4-5,15H,3H2,1-2H3. The van der Waals surface area contributed by atoms with Crippen molar-refractivity contribution in [2.45, 2.75) is 13.8 Å². The van der Waals surface area contributed by atoms with E-state index in [1.54, 1.807) is 13.8 Å². The van der Waals surface area contributed by atoms with Gasteiger partial charge in [-0.1, -0.05) is 0 Å². The Morgan fingerprint density at radius 3 is 3.00 bits per heavy atom. The fourth-order valence-electron chi connectivity index (χ4n) is 1.65. The van der Waals surface area contributed by atoms with E-state index in [1.165, 1.54) is 4.40 Å². The summed E-state index contributed by atoms with van der Waals surface area (Å²) < 4.78 is 19.2. The molecule has 90 valence electrons. The number of imidazole rings is 1. The Balaban J connectivity index is 2.70. The van der Waals surface area contributed by atoms with Gasteiger partial charge in [0.05, 0.1) is 12.3 Å². The monoisotopic (exact) mass is 238 g/mol. The van der Waals surface area contributed by atoms with Gasteiger partial charge in [0.25, 0.3) is 0 Å². The van der Waals surface area contributed by atoms with Crippen molar-refractivity contribution in [1.29, 1.82) is 0 Å². The molecule has 2 aromatic rings. The first kappa shape index (κ1) is 11.4. The first-order valence-electron chi connectivity index (χ1n) is 5.09. The highest BCUT2D eigenvalue weighted by molar-refractivity contribution is 5.90. The van der Waals surface area contributed by atoms with Crippen molar-refractivity contribution in [3.8, 4) is 5.75 Å². The zero-order valence-electron chi connectivity index (χ0n) is 9.40. The number of fused-ring (bicyclic) bond motifs is 1. The van der Waals surface area contributed by atoms with Crippen LogP contribution in [0.5, 0.6) is 5.75 Å². The van der Waals surface area contributed by atoms with Crippen molar-refractivity contribution in [3.05, 3.63) is 29.5 Å². The van der Waals surface area contributed by atoms with Crippen LogP contribution in [0.3, 0.4) is 0 Å². The molecule has 0 fully saturated rings. The maximum absolute atomic E-state index is 13.2. The van der Waals surface area contributed by atoms with Gasteiger partial charge >= 0.3 is 5.97 Å². The van der Waals surface area contributed by atoms with E-state index in [4.69, 9.17) is 4.74 Å². The molecule has 0 radical (unpaired) electrons. The largest absolute Gasteiger partial charge is 0.504 e. The summed E-state index contributed by atoms with van der Waals surface area (Å²) in [5.74, 6) is -1.57. The Labute approximate surface area is 96.5 Å². The third-order valence-electron chi connectivity index (χ3n) is 2.31. The van der Waals surface area contributed by atoms with Crippen LogP contribution in [-0.2, 0) is 4.74 Å². The Morgan fingerprint density at radius 2 is 2.35 bits per heavy atom. The van der Waals surface area contributed by atoms with Crippen molar-refractivity contribution >= 4 is 11.6 Å². The summed E-state index contributed by atoms with van der Waals surface area (Å²) in [5, 5.41) is 9.53. The lowest BCUT2D eigenvalue weighted by molar-refractivity contribution is 0.0517. The van der Waals surface area contributed by atoms with E-state index in [2.05, 4.69) is 4.98 Å². The highest BCUT2D eigenvalue weighted by Crippen LogP contribution is 2.22. The maximum Gasteiger partial charge on any atom is 0.357 e. The maximum atomic E-state index is 13.2. The third-order valence-corrected chi connectivity index (χ3v) is 2.31. The summed E-state index contributed by atoms with van der Waals surface area (Å²) in [6.45, 7) is 3.48. The Kier molecular flexibility index (Phi) is 2.71. The number of aromatic nitrogens is 2. The molecule has 0 atom stereocenters. The van der Waals surface area contributed by atoms with Crippen LogP contribution in [-0.4, -0.2) is 27.1 Å². The number of ether oxygens (including phenoxy) is 1. The number of hydrogen-bond acceptors (Lipinski definition) is 4. The molecule has 0 aliphatic carbocycles. The Hall–Kier alpha value is -2.11. The zero-order chi connectivity index (χ0) is 12.6. The van der Waals surface area contributed by atoms with Gasteiger partial charge in [-0.25, -0.2) is 14.2 Å². The third kappa shape index (κ3) is 1.82. The minimum Gasteiger partial charge on any atom is -0.504 e. The van der Waals surface area contributed by atoms with Crippen molar-refractivity contribution in [1.82, 2.24) is 9.38 Å². The molecule has 2 aromatic heterocycles. The lowest BCUT2D eigenvalue weighted by atomic mass is 10.3. The zero-order valence-corrected chi connectivity index (χ0v) is 9.40. The van der Waals surface area contributed by atoms with Gasteiger partial charge < -0.3 is 9.84 Å². The number of aromatic hydroxyl groups is 1. The SMILES string of the molecule is CCOC(=O)c1c(C)nc2c(O)cc(F)cn12. The first-order chi connectivity index (χ1) is 8.04. The van der Waals surface area contributed by atoms with Crippen LogP contribution in [0.2, 0.25) is 0 Å². The molecule has 17 heavy (non-hydrogen) atoms. The number of pyridine rings is 1. The van der Waals surface area contributed by atoms with Crippen LogP contribution < -0.4 is 0 Å². The fourth-order valence-corrected chi connectivity index (χ4v) is 1.65. The molecule has 1 N–H and O–H groups in total. The fraction of sp³-hybridized carbons (Fsp3) is 0.273. The van der Waals surface area contributed by atoms with Gasteiger partial charge in [0.2, 0.25) is 0 Å². The molecule has 0 unspecified atom stereocenters. The van der Waals surface area contributed by atoms with Gasteiger partial charge in [0.1, 0.15) is 5.82 Å². The Bertz CT molecular complexity index is 592. The van der Waals surface area contributed by atoms with Gasteiger partial charge in [-0.3, -0.25) is 4.40 Å². The smallest absolute Gasteiger partial charge is 0.357 e. The molecule has 2 heterocycles. The van der Waals surface area contributed by atoms with Gasteiger partial charge in [0.15, 0.2) is 17.1 Å². The number of esters is 1. The van der Waals surface area contributed by atoms with Gasteiger partial charge in [-0.05, 0) is 13.8 Å². The molecule has 0 saturated heterocycles. The van der Waals surface area contributed by atoms with Gasteiger partial charge in [-0.2, -0.15) is 0 Å². The number of carbonyl (C=O) groups is 1. The molecule has 0 aromatic carbocycles. The highest BCUT2D eigenvalue weighted by atomic mass is 19.1. The van der Waals surface area contributed by atoms with Crippen molar-refractivity contribution < 1.29 is 19.0 Å². The number of hydrogen-bond donors (Lipinski definition) is 1. The van der Waals surface area contributed by atoms with Crippen molar-refractivity contribution in [3.63, 3.8) is 0 Å². The average Bonchev–Trinajstić information content (AvgIpc) is 2.55. The van der Waals surface area contributed by atoms with E-state index in [-0.39, 0.29) is 23.7 Å².